The second-order valence-corrected chi connectivity index (χ2v) is 10.1. The molecular formula is C20H17N3O3S3. The van der Waals surface area contributed by atoms with Crippen LogP contribution in [0.5, 0.6) is 0 Å². The van der Waals surface area contributed by atoms with Crippen molar-refractivity contribution in [1.82, 2.24) is 15.0 Å². The van der Waals surface area contributed by atoms with Crippen LogP contribution in [-0.4, -0.2) is 19.3 Å². The Bertz CT molecular complexity index is 1220. The van der Waals surface area contributed by atoms with Gasteiger partial charge in [0, 0.05) is 17.0 Å². The Morgan fingerprint density at radius 1 is 1.00 bits per heavy atom. The largest absolute Gasteiger partial charge is 0.346 e. The molecule has 0 bridgehead atoms. The summed E-state index contributed by atoms with van der Waals surface area (Å²) in [6.07, 6.45) is 0. The summed E-state index contributed by atoms with van der Waals surface area (Å²) in [6.45, 7) is 0.500. The smallest absolute Gasteiger partial charge is 0.251 e. The summed E-state index contributed by atoms with van der Waals surface area (Å²) in [5.41, 5.74) is 1.18. The van der Waals surface area contributed by atoms with Gasteiger partial charge in [-0.15, -0.1) is 22.7 Å². The normalized spacial score (nSPS) is 11.6. The van der Waals surface area contributed by atoms with Gasteiger partial charge in [0.1, 0.15) is 5.01 Å². The molecule has 1 amide bonds. The van der Waals surface area contributed by atoms with Crippen LogP contribution < -0.4 is 10.0 Å². The Morgan fingerprint density at radius 2 is 1.86 bits per heavy atom. The van der Waals surface area contributed by atoms with Crippen molar-refractivity contribution in [2.75, 3.05) is 0 Å². The molecule has 0 spiro atoms. The van der Waals surface area contributed by atoms with Crippen molar-refractivity contribution in [3.8, 4) is 0 Å². The molecule has 0 fully saturated rings. The van der Waals surface area contributed by atoms with E-state index in [1.54, 1.807) is 12.1 Å². The minimum Gasteiger partial charge on any atom is -0.346 e. The van der Waals surface area contributed by atoms with Gasteiger partial charge >= 0.3 is 0 Å². The Kier molecular flexibility index (Phi) is 5.72. The predicted octanol–water partition coefficient (Wildman–Crippen LogP) is 3.77. The zero-order valence-electron chi connectivity index (χ0n) is 15.2. The van der Waals surface area contributed by atoms with Crippen molar-refractivity contribution in [3.63, 3.8) is 0 Å². The molecule has 0 aliphatic heterocycles. The van der Waals surface area contributed by atoms with Gasteiger partial charge in [0.15, 0.2) is 0 Å². The number of benzene rings is 2. The van der Waals surface area contributed by atoms with Gasteiger partial charge in [-0.3, -0.25) is 4.79 Å². The molecule has 4 aromatic rings. The van der Waals surface area contributed by atoms with Gasteiger partial charge in [-0.05, 0) is 41.8 Å². The number of sulfonamides is 1. The standard InChI is InChI=1S/C20H17N3O3S3/c24-20(21-13-19-23-17-8-1-2-9-18(17)28-19)14-5-3-7-16(11-14)29(25,26)22-12-15-6-4-10-27-15/h1-11,22H,12-13H2,(H,21,24). The number of hydrogen-bond donors (Lipinski definition) is 2. The molecule has 0 atom stereocenters. The van der Waals surface area contributed by atoms with Gasteiger partial charge in [0.2, 0.25) is 10.0 Å². The first-order chi connectivity index (χ1) is 14.0. The number of nitrogens with one attached hydrogen (secondary N) is 2. The molecule has 0 saturated carbocycles. The zero-order chi connectivity index (χ0) is 20.3. The summed E-state index contributed by atoms with van der Waals surface area (Å²) in [7, 11) is -3.71. The van der Waals surface area contributed by atoms with Crippen LogP contribution in [0, 0.1) is 0 Å². The Hall–Kier alpha value is -2.59. The number of carbonyl (C=O) groups is 1. The molecule has 2 aromatic heterocycles. The molecule has 2 aromatic carbocycles. The van der Waals surface area contributed by atoms with E-state index in [0.717, 1.165) is 20.1 Å². The first kappa shape index (κ1) is 19.7. The van der Waals surface area contributed by atoms with Crippen molar-refractivity contribution in [3.05, 3.63) is 81.5 Å². The molecule has 0 saturated heterocycles. The lowest BCUT2D eigenvalue weighted by molar-refractivity contribution is 0.0950. The zero-order valence-corrected chi connectivity index (χ0v) is 17.6. The van der Waals surface area contributed by atoms with Crippen LogP contribution in [0.3, 0.4) is 0 Å². The third-order valence-corrected chi connectivity index (χ3v) is 7.47. The highest BCUT2D eigenvalue weighted by Crippen LogP contribution is 2.21. The number of thiazole rings is 1. The fourth-order valence-corrected chi connectivity index (χ4v) is 5.42. The lowest BCUT2D eigenvalue weighted by Crippen LogP contribution is -2.25. The Morgan fingerprint density at radius 3 is 2.66 bits per heavy atom. The molecule has 0 radical (unpaired) electrons. The van der Waals surface area contributed by atoms with Crippen molar-refractivity contribution < 1.29 is 13.2 Å². The molecule has 9 heteroatoms. The van der Waals surface area contributed by atoms with E-state index in [9.17, 15) is 13.2 Å². The van der Waals surface area contributed by atoms with Gasteiger partial charge in [0.25, 0.3) is 5.91 Å². The predicted molar refractivity (Wildman–Crippen MR) is 116 cm³/mol. The van der Waals surface area contributed by atoms with Crippen LogP contribution in [-0.2, 0) is 23.1 Å². The highest BCUT2D eigenvalue weighted by molar-refractivity contribution is 7.89. The Balaban J connectivity index is 1.43. The first-order valence-electron chi connectivity index (χ1n) is 8.76. The summed E-state index contributed by atoms with van der Waals surface area (Å²) in [5, 5.41) is 5.49. The van der Waals surface area contributed by atoms with Gasteiger partial charge in [-0.1, -0.05) is 24.3 Å². The maximum Gasteiger partial charge on any atom is 0.251 e. The molecule has 0 aliphatic carbocycles. The first-order valence-corrected chi connectivity index (χ1v) is 11.9. The van der Waals surface area contributed by atoms with E-state index in [-0.39, 0.29) is 29.5 Å². The van der Waals surface area contributed by atoms with E-state index < -0.39 is 10.0 Å². The lowest BCUT2D eigenvalue weighted by Gasteiger charge is -2.08. The SMILES string of the molecule is O=C(NCc1nc2ccccc2s1)c1cccc(S(=O)(=O)NCc2cccs2)c1. The third kappa shape index (κ3) is 4.70. The second kappa shape index (κ2) is 8.42. The average Bonchev–Trinajstić information content (AvgIpc) is 3.40. The van der Waals surface area contributed by atoms with E-state index in [0.29, 0.717) is 0 Å². The number of para-hydroxylation sites is 1. The number of aromatic nitrogens is 1. The summed E-state index contributed by atoms with van der Waals surface area (Å²) in [5.74, 6) is -0.348. The van der Waals surface area contributed by atoms with Crippen LogP contribution in [0.4, 0.5) is 0 Å². The van der Waals surface area contributed by atoms with Gasteiger partial charge < -0.3 is 5.32 Å². The van der Waals surface area contributed by atoms with E-state index in [1.807, 2.05) is 41.8 Å². The summed E-state index contributed by atoms with van der Waals surface area (Å²) in [4.78, 5) is 18.0. The van der Waals surface area contributed by atoms with Crippen LogP contribution in [0.15, 0.2) is 70.9 Å². The molecule has 6 nitrogen and oxygen atoms in total. The monoisotopic (exact) mass is 443 g/mol. The van der Waals surface area contributed by atoms with Gasteiger partial charge in [-0.25, -0.2) is 18.1 Å². The van der Waals surface area contributed by atoms with Crippen molar-refractivity contribution in [1.29, 1.82) is 0 Å². The minimum atomic E-state index is -3.71. The number of thiophene rings is 1. The molecule has 4 rings (SSSR count). The van der Waals surface area contributed by atoms with Crippen LogP contribution in [0.25, 0.3) is 10.2 Å². The molecule has 0 aliphatic rings. The minimum absolute atomic E-state index is 0.0571. The lowest BCUT2D eigenvalue weighted by atomic mass is 10.2. The Labute approximate surface area is 176 Å². The number of nitrogens with zero attached hydrogens (tertiary/aromatic N) is 1. The summed E-state index contributed by atoms with van der Waals surface area (Å²) < 4.78 is 28.7. The van der Waals surface area contributed by atoms with Crippen molar-refractivity contribution in [2.24, 2.45) is 0 Å². The van der Waals surface area contributed by atoms with Gasteiger partial charge in [-0.2, -0.15) is 0 Å². The van der Waals surface area contributed by atoms with Gasteiger partial charge in [0.05, 0.1) is 21.7 Å². The molecule has 29 heavy (non-hydrogen) atoms. The molecule has 148 valence electrons. The van der Waals surface area contributed by atoms with Crippen LogP contribution >= 0.6 is 22.7 Å². The highest BCUT2D eigenvalue weighted by Gasteiger charge is 2.16. The quantitative estimate of drug-likeness (QED) is 0.455. The molecule has 2 N–H and O–H groups in total. The van der Waals surface area contributed by atoms with E-state index >= 15 is 0 Å². The average molecular weight is 444 g/mol. The number of carbonyl (C=O) groups excluding carboxylic acids is 1. The van der Waals surface area contributed by atoms with Crippen molar-refractivity contribution in [2.45, 2.75) is 18.0 Å². The topological polar surface area (TPSA) is 88.2 Å². The number of hydrogen-bond acceptors (Lipinski definition) is 6. The van der Waals surface area contributed by atoms with Crippen LogP contribution in [0.1, 0.15) is 20.2 Å². The molecule has 2 heterocycles. The fourth-order valence-electron chi connectivity index (χ4n) is 2.72. The second-order valence-electron chi connectivity index (χ2n) is 6.19. The van der Waals surface area contributed by atoms with Crippen LogP contribution in [0.2, 0.25) is 0 Å². The van der Waals surface area contributed by atoms with Crippen molar-refractivity contribution >= 4 is 48.8 Å². The van der Waals surface area contributed by atoms with E-state index in [2.05, 4.69) is 15.0 Å². The number of fused-ring (bicyclic) bond motifs is 1. The van der Waals surface area contributed by atoms with E-state index in [1.165, 1.54) is 34.8 Å². The third-order valence-electron chi connectivity index (χ3n) is 4.16. The number of amides is 1. The van der Waals surface area contributed by atoms with E-state index in [4.69, 9.17) is 0 Å². The maximum absolute atomic E-state index is 12.5. The number of rotatable bonds is 7. The fraction of sp³-hybridized carbons (Fsp3) is 0.100. The summed E-state index contributed by atoms with van der Waals surface area (Å²) >= 11 is 2.99. The molecular weight excluding hydrogens is 426 g/mol. The highest BCUT2D eigenvalue weighted by atomic mass is 32.2. The summed E-state index contributed by atoms with van der Waals surface area (Å²) in [6, 6.07) is 17.5. The molecule has 0 unspecified atom stereocenters. The maximum atomic E-state index is 12.5.